The van der Waals surface area contributed by atoms with Crippen molar-refractivity contribution in [3.8, 4) is 0 Å². The smallest absolute Gasteiger partial charge is 0.0598 e. The van der Waals surface area contributed by atoms with Gasteiger partial charge in [-0.1, -0.05) is 30.3 Å². The number of hydrogen-bond donors (Lipinski definition) is 2. The van der Waals surface area contributed by atoms with E-state index in [0.717, 1.165) is 22.8 Å². The first kappa shape index (κ1) is 18.7. The summed E-state index contributed by atoms with van der Waals surface area (Å²) in [5, 5.41) is 6.99. The molecule has 5 heteroatoms. The van der Waals surface area contributed by atoms with Crippen LogP contribution < -0.4 is 10.6 Å². The Kier molecular flexibility index (Phi) is 6.86. The first-order valence-electron chi connectivity index (χ1n) is 8.48. The maximum absolute atomic E-state index is 4.78. The fraction of sp³-hybridized carbons (Fsp3) is 0.190. The molecular weight excluding hydrogens is 358 g/mol. The second-order valence-electron chi connectivity index (χ2n) is 5.73. The van der Waals surface area contributed by atoms with E-state index in [1.807, 2.05) is 0 Å². The van der Waals surface area contributed by atoms with Gasteiger partial charge in [0.15, 0.2) is 0 Å². The van der Waals surface area contributed by atoms with Gasteiger partial charge in [0.05, 0.1) is 24.5 Å². The van der Waals surface area contributed by atoms with Crippen molar-refractivity contribution in [1.82, 2.24) is 4.98 Å². The molecule has 0 aliphatic rings. The van der Waals surface area contributed by atoms with Crippen molar-refractivity contribution in [3.63, 3.8) is 0 Å². The van der Waals surface area contributed by atoms with Crippen LogP contribution in [0.3, 0.4) is 0 Å². The van der Waals surface area contributed by atoms with Gasteiger partial charge in [0, 0.05) is 21.2 Å². The average molecular weight is 382 g/mol. The predicted molar refractivity (Wildman–Crippen MR) is 115 cm³/mol. The molecule has 2 N–H and O–H groups in total. The van der Waals surface area contributed by atoms with Crippen molar-refractivity contribution in [2.45, 2.75) is 22.9 Å². The third-order valence-electron chi connectivity index (χ3n) is 4.00. The lowest BCUT2D eigenvalue weighted by Gasteiger charge is -2.12. The molecule has 3 nitrogen and oxygen atoms in total. The van der Waals surface area contributed by atoms with Crippen LogP contribution in [0.5, 0.6) is 0 Å². The van der Waals surface area contributed by atoms with E-state index in [4.69, 9.17) is 4.98 Å². The summed E-state index contributed by atoms with van der Waals surface area (Å²) in [4.78, 5) is 7.27. The molecule has 0 bridgehead atoms. The summed E-state index contributed by atoms with van der Waals surface area (Å²) in [6.45, 7) is 1.43. The van der Waals surface area contributed by atoms with Crippen LogP contribution in [0.15, 0.2) is 76.5 Å². The average Bonchev–Trinajstić information content (AvgIpc) is 2.71. The molecular formula is C21H23N3S2. The van der Waals surface area contributed by atoms with Gasteiger partial charge in [-0.05, 0) is 48.9 Å². The van der Waals surface area contributed by atoms with Crippen LogP contribution in [0.1, 0.15) is 11.4 Å². The molecule has 0 saturated heterocycles. The molecule has 3 rings (SSSR count). The van der Waals surface area contributed by atoms with Crippen molar-refractivity contribution in [3.05, 3.63) is 78.1 Å². The summed E-state index contributed by atoms with van der Waals surface area (Å²) in [7, 11) is 0. The minimum atomic E-state index is 0.715. The summed E-state index contributed by atoms with van der Waals surface area (Å²) in [6.07, 6.45) is 4.19. The zero-order valence-corrected chi connectivity index (χ0v) is 16.7. The standard InChI is InChI=1S/C21H23N3S2/c1-25-20-12-5-3-10-18(20)22-14-16-8-7-9-17(24-16)15-23-19-11-4-6-13-21(19)26-2/h3-13,22-23H,14-15H2,1-2H3. The lowest BCUT2D eigenvalue weighted by Crippen LogP contribution is -2.07. The molecule has 0 fully saturated rings. The summed E-state index contributed by atoms with van der Waals surface area (Å²) in [6, 6.07) is 22.9. The molecule has 0 saturated carbocycles. The lowest BCUT2D eigenvalue weighted by molar-refractivity contribution is 0.961. The number of nitrogens with one attached hydrogen (secondary N) is 2. The maximum Gasteiger partial charge on any atom is 0.0598 e. The summed E-state index contributed by atoms with van der Waals surface area (Å²) in [5.41, 5.74) is 4.38. The van der Waals surface area contributed by atoms with Gasteiger partial charge in [-0.15, -0.1) is 23.5 Å². The Balaban J connectivity index is 1.63. The molecule has 134 valence electrons. The Morgan fingerprint density at radius 3 is 1.58 bits per heavy atom. The molecule has 1 aromatic heterocycles. The van der Waals surface area contributed by atoms with Gasteiger partial charge in [-0.25, -0.2) is 0 Å². The van der Waals surface area contributed by atoms with Crippen LogP contribution in [-0.4, -0.2) is 17.5 Å². The molecule has 0 aliphatic carbocycles. The Morgan fingerprint density at radius 1 is 0.654 bits per heavy atom. The lowest BCUT2D eigenvalue weighted by atomic mass is 10.2. The number of pyridine rings is 1. The Morgan fingerprint density at radius 2 is 1.12 bits per heavy atom. The molecule has 0 atom stereocenters. The number of aromatic nitrogens is 1. The normalized spacial score (nSPS) is 10.5. The molecule has 0 radical (unpaired) electrons. The van der Waals surface area contributed by atoms with E-state index in [2.05, 4.69) is 89.9 Å². The highest BCUT2D eigenvalue weighted by molar-refractivity contribution is 7.99. The Hall–Kier alpha value is -2.11. The van der Waals surface area contributed by atoms with E-state index in [0.29, 0.717) is 13.1 Å². The molecule has 2 aromatic carbocycles. The summed E-state index contributed by atoms with van der Waals surface area (Å²) < 4.78 is 0. The number of nitrogens with zero attached hydrogens (tertiary/aromatic N) is 1. The van der Waals surface area contributed by atoms with Gasteiger partial charge in [0.2, 0.25) is 0 Å². The van der Waals surface area contributed by atoms with Gasteiger partial charge in [-0.3, -0.25) is 4.98 Å². The van der Waals surface area contributed by atoms with Crippen molar-refractivity contribution in [2.24, 2.45) is 0 Å². The van der Waals surface area contributed by atoms with Gasteiger partial charge < -0.3 is 10.6 Å². The highest BCUT2D eigenvalue weighted by atomic mass is 32.2. The van der Waals surface area contributed by atoms with Gasteiger partial charge >= 0.3 is 0 Å². The van der Waals surface area contributed by atoms with E-state index in [9.17, 15) is 0 Å². The fourth-order valence-electron chi connectivity index (χ4n) is 2.68. The molecule has 0 spiro atoms. The topological polar surface area (TPSA) is 37.0 Å². The number of benzene rings is 2. The highest BCUT2D eigenvalue weighted by Gasteiger charge is 2.04. The highest BCUT2D eigenvalue weighted by Crippen LogP contribution is 2.26. The second kappa shape index (κ2) is 9.55. The first-order chi connectivity index (χ1) is 12.8. The van der Waals surface area contributed by atoms with Crippen molar-refractivity contribution in [2.75, 3.05) is 23.1 Å². The van der Waals surface area contributed by atoms with Crippen LogP contribution in [0.4, 0.5) is 11.4 Å². The van der Waals surface area contributed by atoms with E-state index in [1.165, 1.54) is 9.79 Å². The SMILES string of the molecule is CSc1ccccc1NCc1cccc(CNc2ccccc2SC)n1. The third kappa shape index (κ3) is 4.96. The van der Waals surface area contributed by atoms with Crippen LogP contribution in [-0.2, 0) is 13.1 Å². The van der Waals surface area contributed by atoms with Crippen molar-refractivity contribution >= 4 is 34.9 Å². The monoisotopic (exact) mass is 381 g/mol. The maximum atomic E-state index is 4.78. The molecule has 0 unspecified atom stereocenters. The van der Waals surface area contributed by atoms with E-state index >= 15 is 0 Å². The number of anilines is 2. The minimum Gasteiger partial charge on any atom is -0.378 e. The van der Waals surface area contributed by atoms with Crippen LogP contribution >= 0.6 is 23.5 Å². The van der Waals surface area contributed by atoms with E-state index in [-0.39, 0.29) is 0 Å². The van der Waals surface area contributed by atoms with Crippen LogP contribution in [0.25, 0.3) is 0 Å². The van der Waals surface area contributed by atoms with Crippen molar-refractivity contribution in [1.29, 1.82) is 0 Å². The van der Waals surface area contributed by atoms with Crippen LogP contribution in [0.2, 0.25) is 0 Å². The van der Waals surface area contributed by atoms with Crippen LogP contribution in [0, 0.1) is 0 Å². The number of para-hydroxylation sites is 2. The quantitative estimate of drug-likeness (QED) is 0.486. The summed E-state index contributed by atoms with van der Waals surface area (Å²) in [5.74, 6) is 0. The largest absolute Gasteiger partial charge is 0.378 e. The zero-order valence-electron chi connectivity index (χ0n) is 15.0. The van der Waals surface area contributed by atoms with Gasteiger partial charge in [0.1, 0.15) is 0 Å². The zero-order chi connectivity index (χ0) is 18.2. The molecule has 1 heterocycles. The number of thioether (sulfide) groups is 2. The number of rotatable bonds is 8. The fourth-order valence-corrected chi connectivity index (χ4v) is 3.83. The molecule has 3 aromatic rings. The van der Waals surface area contributed by atoms with Crippen molar-refractivity contribution < 1.29 is 0 Å². The Labute approximate surface area is 164 Å². The Bertz CT molecular complexity index is 785. The second-order valence-corrected chi connectivity index (χ2v) is 7.42. The molecule has 26 heavy (non-hydrogen) atoms. The third-order valence-corrected chi connectivity index (χ3v) is 5.59. The minimum absolute atomic E-state index is 0.715. The summed E-state index contributed by atoms with van der Waals surface area (Å²) >= 11 is 3.50. The van der Waals surface area contributed by atoms with E-state index in [1.54, 1.807) is 23.5 Å². The van der Waals surface area contributed by atoms with Gasteiger partial charge in [0.25, 0.3) is 0 Å². The predicted octanol–water partition coefficient (Wildman–Crippen LogP) is 5.75. The van der Waals surface area contributed by atoms with E-state index < -0.39 is 0 Å². The number of hydrogen-bond acceptors (Lipinski definition) is 5. The first-order valence-corrected chi connectivity index (χ1v) is 10.9. The molecule has 0 aliphatic heterocycles. The molecule has 0 amide bonds. The van der Waals surface area contributed by atoms with Gasteiger partial charge in [-0.2, -0.15) is 0 Å².